The molecule has 0 bridgehead atoms. The Labute approximate surface area is 131 Å². The summed E-state index contributed by atoms with van der Waals surface area (Å²) in [6.07, 6.45) is 5.44. The fraction of sp³-hybridized carbons (Fsp3) is 0.133. The Balaban J connectivity index is 1.64. The fourth-order valence-corrected chi connectivity index (χ4v) is 1.51. The van der Waals surface area contributed by atoms with Gasteiger partial charge in [-0.1, -0.05) is 0 Å². The number of nitrogens with one attached hydrogen (secondary N) is 2. The number of hydrogen-bond acceptors (Lipinski definition) is 6. The lowest BCUT2D eigenvalue weighted by atomic mass is 10.4. The molecule has 0 aliphatic heterocycles. The van der Waals surface area contributed by atoms with E-state index in [0.29, 0.717) is 11.5 Å². The average molecular weight is 318 g/mol. The maximum absolute atomic E-state index is 11.4. The van der Waals surface area contributed by atoms with E-state index in [4.69, 9.17) is 8.83 Å². The first kappa shape index (κ1) is 16.1. The van der Waals surface area contributed by atoms with E-state index in [1.54, 1.807) is 24.3 Å². The van der Waals surface area contributed by atoms with Crippen LogP contribution in [-0.4, -0.2) is 24.5 Å². The number of carbonyl (C=O) groups excluding carboxylic acids is 3. The molecule has 0 aromatic carbocycles. The average Bonchev–Trinajstić information content (AvgIpc) is 3.22. The third kappa shape index (κ3) is 5.92. The zero-order chi connectivity index (χ0) is 16.5. The summed E-state index contributed by atoms with van der Waals surface area (Å²) in [5.74, 6) is -0.458. The summed E-state index contributed by atoms with van der Waals surface area (Å²) in [6.45, 7) is -0.437. The Kier molecular flexibility index (Phi) is 5.75. The summed E-state index contributed by atoms with van der Waals surface area (Å²) in [6, 6.07) is 5.96. The molecule has 2 aromatic rings. The monoisotopic (exact) mass is 318 g/mol. The van der Waals surface area contributed by atoms with Crippen LogP contribution in [0.25, 0.3) is 6.08 Å². The minimum Gasteiger partial charge on any atom is -0.467 e. The Morgan fingerprint density at radius 1 is 1.13 bits per heavy atom. The normalized spacial score (nSPS) is 10.4. The van der Waals surface area contributed by atoms with Gasteiger partial charge >= 0.3 is 12.0 Å². The van der Waals surface area contributed by atoms with Crippen LogP contribution in [0.3, 0.4) is 0 Å². The fourth-order valence-electron chi connectivity index (χ4n) is 1.51. The number of rotatable bonds is 6. The van der Waals surface area contributed by atoms with Crippen LogP contribution in [0.1, 0.15) is 11.5 Å². The van der Waals surface area contributed by atoms with Crippen LogP contribution in [0.15, 0.2) is 51.7 Å². The largest absolute Gasteiger partial charge is 0.467 e. The molecule has 0 atom stereocenters. The van der Waals surface area contributed by atoms with Crippen molar-refractivity contribution >= 4 is 24.0 Å². The van der Waals surface area contributed by atoms with Gasteiger partial charge in [-0.3, -0.25) is 10.1 Å². The lowest BCUT2D eigenvalue weighted by molar-refractivity contribution is -0.143. The molecule has 8 nitrogen and oxygen atoms in total. The van der Waals surface area contributed by atoms with Crippen molar-refractivity contribution in [3.8, 4) is 0 Å². The highest BCUT2D eigenvalue weighted by atomic mass is 16.5. The smallest absolute Gasteiger partial charge is 0.331 e. The van der Waals surface area contributed by atoms with Crippen molar-refractivity contribution in [3.63, 3.8) is 0 Å². The number of furan rings is 2. The predicted octanol–water partition coefficient (Wildman–Crippen LogP) is 1.46. The summed E-state index contributed by atoms with van der Waals surface area (Å²) in [5, 5.41) is 4.43. The van der Waals surface area contributed by atoms with E-state index in [1.165, 1.54) is 18.6 Å². The standard InChI is InChI=1S/C15H14N2O6/c18-13(17-15(20)16-9-12-4-2-8-22-12)10-23-14(19)6-5-11-3-1-7-21-11/h1-8H,9-10H2,(H2,16,17,18,20). The summed E-state index contributed by atoms with van der Waals surface area (Å²) in [4.78, 5) is 34.2. The molecule has 0 aliphatic rings. The Morgan fingerprint density at radius 2 is 1.91 bits per heavy atom. The minimum atomic E-state index is -0.748. The summed E-state index contributed by atoms with van der Waals surface area (Å²) >= 11 is 0. The van der Waals surface area contributed by atoms with Crippen molar-refractivity contribution < 1.29 is 28.0 Å². The highest BCUT2D eigenvalue weighted by molar-refractivity contribution is 5.96. The van der Waals surface area contributed by atoms with Crippen molar-refractivity contribution in [1.82, 2.24) is 10.6 Å². The molecule has 0 fully saturated rings. The van der Waals surface area contributed by atoms with Crippen molar-refractivity contribution in [2.24, 2.45) is 0 Å². The van der Waals surface area contributed by atoms with Gasteiger partial charge < -0.3 is 18.9 Å². The number of hydrogen-bond donors (Lipinski definition) is 2. The molecule has 8 heteroatoms. The van der Waals surface area contributed by atoms with E-state index in [0.717, 1.165) is 6.08 Å². The van der Waals surface area contributed by atoms with Crippen LogP contribution in [0.4, 0.5) is 4.79 Å². The molecule has 0 aliphatic carbocycles. The topological polar surface area (TPSA) is 111 Å². The number of esters is 1. The van der Waals surface area contributed by atoms with Crippen LogP contribution >= 0.6 is 0 Å². The van der Waals surface area contributed by atoms with Crippen LogP contribution in [0.2, 0.25) is 0 Å². The molecule has 3 amide bonds. The maximum Gasteiger partial charge on any atom is 0.331 e. The van der Waals surface area contributed by atoms with Gasteiger partial charge in [-0.05, 0) is 30.3 Å². The van der Waals surface area contributed by atoms with Crippen LogP contribution < -0.4 is 10.6 Å². The van der Waals surface area contributed by atoms with Crippen LogP contribution in [0, 0.1) is 0 Å². The van der Waals surface area contributed by atoms with Gasteiger partial charge in [-0.2, -0.15) is 0 Å². The van der Waals surface area contributed by atoms with E-state index in [1.807, 2.05) is 5.32 Å². The zero-order valence-electron chi connectivity index (χ0n) is 12.0. The van der Waals surface area contributed by atoms with Crippen molar-refractivity contribution in [1.29, 1.82) is 0 Å². The van der Waals surface area contributed by atoms with Crippen molar-refractivity contribution in [2.75, 3.05) is 6.61 Å². The first-order chi connectivity index (χ1) is 11.1. The number of urea groups is 1. The van der Waals surface area contributed by atoms with E-state index in [2.05, 4.69) is 10.1 Å². The molecule has 120 valence electrons. The quantitative estimate of drug-likeness (QED) is 0.616. The van der Waals surface area contributed by atoms with E-state index in [-0.39, 0.29) is 6.54 Å². The molecule has 0 radical (unpaired) electrons. The third-order valence-electron chi connectivity index (χ3n) is 2.53. The highest BCUT2D eigenvalue weighted by Gasteiger charge is 2.10. The second-order valence-electron chi connectivity index (χ2n) is 4.27. The Hall–Kier alpha value is -3.29. The van der Waals surface area contributed by atoms with Gasteiger partial charge in [0.2, 0.25) is 0 Å². The molecular weight excluding hydrogens is 304 g/mol. The minimum absolute atomic E-state index is 0.137. The van der Waals surface area contributed by atoms with Gasteiger partial charge in [0.05, 0.1) is 19.1 Å². The van der Waals surface area contributed by atoms with Crippen molar-refractivity contribution in [2.45, 2.75) is 6.54 Å². The Morgan fingerprint density at radius 3 is 2.61 bits per heavy atom. The number of ether oxygens (including phenoxy) is 1. The molecular formula is C15H14N2O6. The molecule has 2 N–H and O–H groups in total. The maximum atomic E-state index is 11.4. The second kappa shape index (κ2) is 8.23. The molecule has 0 spiro atoms. The summed E-state index contributed by atoms with van der Waals surface area (Å²) < 4.78 is 14.7. The van der Waals surface area contributed by atoms with Gasteiger partial charge in [0.25, 0.3) is 5.91 Å². The molecule has 2 rings (SSSR count). The van der Waals surface area contributed by atoms with Gasteiger partial charge in [0.1, 0.15) is 11.5 Å². The zero-order valence-corrected chi connectivity index (χ0v) is 12.0. The van der Waals surface area contributed by atoms with Crippen LogP contribution in [0.5, 0.6) is 0 Å². The van der Waals surface area contributed by atoms with E-state index < -0.39 is 24.5 Å². The van der Waals surface area contributed by atoms with Crippen LogP contribution in [-0.2, 0) is 20.9 Å². The van der Waals surface area contributed by atoms with Gasteiger partial charge in [-0.15, -0.1) is 0 Å². The van der Waals surface area contributed by atoms with Gasteiger partial charge in [0, 0.05) is 6.08 Å². The number of amides is 3. The van der Waals surface area contributed by atoms with Gasteiger partial charge in [-0.25, -0.2) is 9.59 Å². The first-order valence-electron chi connectivity index (χ1n) is 6.62. The van der Waals surface area contributed by atoms with E-state index in [9.17, 15) is 14.4 Å². The lowest BCUT2D eigenvalue weighted by Crippen LogP contribution is -2.41. The number of carbonyl (C=O) groups is 3. The lowest BCUT2D eigenvalue weighted by Gasteiger charge is -2.05. The highest BCUT2D eigenvalue weighted by Crippen LogP contribution is 2.02. The molecule has 2 heterocycles. The summed E-state index contributed by atoms with van der Waals surface area (Å²) in [5.41, 5.74) is 0. The molecule has 0 saturated heterocycles. The third-order valence-corrected chi connectivity index (χ3v) is 2.53. The van der Waals surface area contributed by atoms with Crippen molar-refractivity contribution in [3.05, 3.63) is 54.4 Å². The number of imide groups is 1. The molecule has 0 unspecified atom stereocenters. The Bertz CT molecular complexity index is 673. The van der Waals surface area contributed by atoms with Gasteiger partial charge in [0.15, 0.2) is 6.61 Å². The molecule has 0 saturated carbocycles. The summed E-state index contributed by atoms with van der Waals surface area (Å²) in [7, 11) is 0. The SMILES string of the molecule is O=C(COC(=O)C=Cc1ccco1)NC(=O)NCc1ccco1. The molecule has 23 heavy (non-hydrogen) atoms. The predicted molar refractivity (Wildman–Crippen MR) is 77.8 cm³/mol. The first-order valence-corrected chi connectivity index (χ1v) is 6.62. The van der Waals surface area contributed by atoms with E-state index >= 15 is 0 Å². The second-order valence-corrected chi connectivity index (χ2v) is 4.27. The molecule has 2 aromatic heterocycles.